The Hall–Kier alpha value is -0.610. The van der Waals surface area contributed by atoms with Gasteiger partial charge in [0.15, 0.2) is 0 Å². The molecule has 0 spiro atoms. The zero-order chi connectivity index (χ0) is 14.0. The quantitative estimate of drug-likeness (QED) is 0.801. The van der Waals surface area contributed by atoms with Crippen molar-refractivity contribution in [2.45, 2.75) is 52.0 Å². The van der Waals surface area contributed by atoms with Gasteiger partial charge in [-0.15, -0.1) is 0 Å². The van der Waals surface area contributed by atoms with Gasteiger partial charge < -0.3 is 15.7 Å². The first kappa shape index (κ1) is 15.4. The summed E-state index contributed by atoms with van der Waals surface area (Å²) in [6.45, 7) is 7.19. The molecule has 0 aliphatic heterocycles. The summed E-state index contributed by atoms with van der Waals surface area (Å²) in [5.41, 5.74) is 5.69. The Balaban J connectivity index is 2.50. The highest BCUT2D eigenvalue weighted by Crippen LogP contribution is 2.31. The summed E-state index contributed by atoms with van der Waals surface area (Å²) in [5.74, 6) is 0.311. The van der Waals surface area contributed by atoms with E-state index in [-0.39, 0.29) is 23.8 Å². The number of hydrogen-bond donors (Lipinski definition) is 2. The van der Waals surface area contributed by atoms with Gasteiger partial charge in [-0.05, 0) is 31.1 Å². The predicted octanol–water partition coefficient (Wildman–Crippen LogP) is 1.37. The summed E-state index contributed by atoms with van der Waals surface area (Å²) >= 11 is 0. The van der Waals surface area contributed by atoms with Gasteiger partial charge in [0.25, 0.3) is 0 Å². The number of aliphatic hydroxyl groups excluding tert-OH is 1. The second kappa shape index (κ2) is 5.57. The first-order valence-corrected chi connectivity index (χ1v) is 6.82. The Morgan fingerprint density at radius 2 is 1.89 bits per heavy atom. The third-order valence-corrected chi connectivity index (χ3v) is 3.73. The van der Waals surface area contributed by atoms with E-state index in [0.717, 1.165) is 32.2 Å². The normalized spacial score (nSPS) is 29.1. The molecule has 0 heterocycles. The lowest BCUT2D eigenvalue weighted by molar-refractivity contribution is -0.136. The number of carbonyl (C=O) groups excluding carboxylic acids is 1. The van der Waals surface area contributed by atoms with Crippen LogP contribution < -0.4 is 5.73 Å². The molecule has 106 valence electrons. The predicted molar refractivity (Wildman–Crippen MR) is 73.1 cm³/mol. The highest BCUT2D eigenvalue weighted by atomic mass is 16.3. The van der Waals surface area contributed by atoms with Crippen LogP contribution in [0, 0.1) is 11.3 Å². The zero-order valence-electron chi connectivity index (χ0n) is 12.2. The van der Waals surface area contributed by atoms with E-state index in [1.165, 1.54) is 0 Å². The molecule has 0 aromatic heterocycles. The van der Waals surface area contributed by atoms with E-state index in [0.29, 0.717) is 0 Å². The van der Waals surface area contributed by atoms with Crippen molar-refractivity contribution in [1.29, 1.82) is 0 Å². The van der Waals surface area contributed by atoms with Gasteiger partial charge in [0.2, 0.25) is 5.91 Å². The minimum Gasteiger partial charge on any atom is -0.394 e. The standard InChI is InChI=1S/C14H28N2O2/c1-13(2,3)9-16(4)12(18)11-5-7-14(15,10-17)8-6-11/h11,17H,5-10,15H2,1-4H3. The minimum atomic E-state index is -0.459. The average molecular weight is 256 g/mol. The van der Waals surface area contributed by atoms with Crippen LogP contribution in [0.4, 0.5) is 0 Å². The van der Waals surface area contributed by atoms with Crippen LogP contribution in [0.15, 0.2) is 0 Å². The fraction of sp³-hybridized carbons (Fsp3) is 0.929. The summed E-state index contributed by atoms with van der Waals surface area (Å²) in [7, 11) is 1.88. The van der Waals surface area contributed by atoms with Crippen molar-refractivity contribution in [3.05, 3.63) is 0 Å². The van der Waals surface area contributed by atoms with E-state index in [1.54, 1.807) is 0 Å². The summed E-state index contributed by atoms with van der Waals surface area (Å²) in [5, 5.41) is 9.22. The zero-order valence-corrected chi connectivity index (χ0v) is 12.2. The molecule has 0 radical (unpaired) electrons. The molecule has 1 fully saturated rings. The Morgan fingerprint density at radius 3 is 2.28 bits per heavy atom. The number of hydrogen-bond acceptors (Lipinski definition) is 3. The number of nitrogens with two attached hydrogens (primary N) is 1. The van der Waals surface area contributed by atoms with Gasteiger partial charge >= 0.3 is 0 Å². The van der Waals surface area contributed by atoms with Gasteiger partial charge in [-0.2, -0.15) is 0 Å². The first-order valence-electron chi connectivity index (χ1n) is 6.82. The third-order valence-electron chi connectivity index (χ3n) is 3.73. The molecule has 1 aliphatic carbocycles. The number of carbonyl (C=O) groups is 1. The lowest BCUT2D eigenvalue weighted by Crippen LogP contribution is -2.49. The second-order valence-corrected chi connectivity index (χ2v) is 7.05. The maximum absolute atomic E-state index is 12.3. The average Bonchev–Trinajstić information content (AvgIpc) is 2.27. The van der Waals surface area contributed by atoms with Gasteiger partial charge in [-0.1, -0.05) is 20.8 Å². The van der Waals surface area contributed by atoms with Gasteiger partial charge in [0.1, 0.15) is 0 Å². The Kier molecular flexibility index (Phi) is 4.78. The van der Waals surface area contributed by atoms with E-state index in [2.05, 4.69) is 20.8 Å². The minimum absolute atomic E-state index is 0.0196. The molecule has 0 aromatic rings. The Morgan fingerprint density at radius 1 is 1.39 bits per heavy atom. The number of rotatable bonds is 3. The van der Waals surface area contributed by atoms with Crippen LogP contribution in [-0.4, -0.2) is 41.7 Å². The first-order chi connectivity index (χ1) is 8.17. The van der Waals surface area contributed by atoms with Crippen LogP contribution in [-0.2, 0) is 4.79 Å². The molecule has 0 bridgehead atoms. The Labute approximate surface area is 111 Å². The molecular weight excluding hydrogens is 228 g/mol. The van der Waals surface area contributed by atoms with Crippen molar-refractivity contribution in [2.75, 3.05) is 20.2 Å². The van der Waals surface area contributed by atoms with Gasteiger partial charge in [0.05, 0.1) is 6.61 Å². The lowest BCUT2D eigenvalue weighted by atomic mass is 9.77. The molecule has 1 aliphatic rings. The monoisotopic (exact) mass is 256 g/mol. The van der Waals surface area contributed by atoms with Crippen molar-refractivity contribution < 1.29 is 9.90 Å². The van der Waals surface area contributed by atoms with Crippen molar-refractivity contribution in [3.63, 3.8) is 0 Å². The third kappa shape index (κ3) is 4.25. The largest absolute Gasteiger partial charge is 0.394 e. The van der Waals surface area contributed by atoms with Crippen LogP contribution in [0.3, 0.4) is 0 Å². The van der Waals surface area contributed by atoms with Crippen LogP contribution in [0.1, 0.15) is 46.5 Å². The van der Waals surface area contributed by atoms with Crippen LogP contribution >= 0.6 is 0 Å². The molecule has 1 saturated carbocycles. The van der Waals surface area contributed by atoms with E-state index in [9.17, 15) is 9.90 Å². The number of aliphatic hydroxyl groups is 1. The molecule has 4 nitrogen and oxygen atoms in total. The van der Waals surface area contributed by atoms with E-state index >= 15 is 0 Å². The van der Waals surface area contributed by atoms with Gasteiger partial charge in [-0.3, -0.25) is 4.79 Å². The molecule has 0 aromatic carbocycles. The number of nitrogens with zero attached hydrogens (tertiary/aromatic N) is 1. The highest BCUT2D eigenvalue weighted by Gasteiger charge is 2.35. The van der Waals surface area contributed by atoms with E-state index in [1.807, 2.05) is 11.9 Å². The van der Waals surface area contributed by atoms with Gasteiger partial charge in [0, 0.05) is 25.0 Å². The molecular formula is C14H28N2O2. The molecule has 3 N–H and O–H groups in total. The van der Waals surface area contributed by atoms with Crippen LogP contribution in [0.2, 0.25) is 0 Å². The van der Waals surface area contributed by atoms with E-state index < -0.39 is 5.54 Å². The fourth-order valence-corrected chi connectivity index (χ4v) is 2.70. The maximum atomic E-state index is 12.3. The van der Waals surface area contributed by atoms with Crippen LogP contribution in [0.5, 0.6) is 0 Å². The second-order valence-electron chi connectivity index (χ2n) is 7.05. The Bertz CT molecular complexity index is 289. The maximum Gasteiger partial charge on any atom is 0.225 e. The highest BCUT2D eigenvalue weighted by molar-refractivity contribution is 5.78. The summed E-state index contributed by atoms with van der Waals surface area (Å²) < 4.78 is 0. The smallest absolute Gasteiger partial charge is 0.225 e. The molecule has 18 heavy (non-hydrogen) atoms. The van der Waals surface area contributed by atoms with Crippen molar-refractivity contribution in [2.24, 2.45) is 17.1 Å². The fourth-order valence-electron chi connectivity index (χ4n) is 2.70. The number of amides is 1. The molecule has 0 unspecified atom stereocenters. The molecule has 1 amide bonds. The summed E-state index contributed by atoms with van der Waals surface area (Å²) in [6, 6.07) is 0. The van der Waals surface area contributed by atoms with Crippen LogP contribution in [0.25, 0.3) is 0 Å². The van der Waals surface area contributed by atoms with E-state index in [4.69, 9.17) is 5.73 Å². The lowest BCUT2D eigenvalue weighted by Gasteiger charge is -2.37. The molecule has 4 heteroatoms. The molecule has 0 saturated heterocycles. The summed E-state index contributed by atoms with van der Waals surface area (Å²) in [6.07, 6.45) is 3.07. The van der Waals surface area contributed by atoms with Crippen molar-refractivity contribution in [1.82, 2.24) is 4.90 Å². The van der Waals surface area contributed by atoms with Gasteiger partial charge in [-0.25, -0.2) is 0 Å². The molecule has 1 rings (SSSR count). The summed E-state index contributed by atoms with van der Waals surface area (Å²) in [4.78, 5) is 14.1. The van der Waals surface area contributed by atoms with Crippen molar-refractivity contribution >= 4 is 5.91 Å². The SMILES string of the molecule is CN(CC(C)(C)C)C(=O)C1CCC(N)(CO)CC1. The topological polar surface area (TPSA) is 66.6 Å². The van der Waals surface area contributed by atoms with Crippen molar-refractivity contribution in [3.8, 4) is 0 Å². The molecule has 0 atom stereocenters.